The molecule has 1 amide bonds. The highest BCUT2D eigenvalue weighted by Crippen LogP contribution is 2.57. The summed E-state index contributed by atoms with van der Waals surface area (Å²) in [5, 5.41) is 9.15. The Morgan fingerprint density at radius 3 is 2.27 bits per heavy atom. The first-order chi connectivity index (χ1) is 14.5. The standard InChI is InChI=1S/C25H32N2O3/c1-2-22(21-7-4-3-5-8-21)24(29)30-17-23(28)27(10-6-9-26)25-14-18-11-19(15-25)13-20(12-18)16-25/h3-5,7-8,18-20,22H,2,6,10-17H2,1H3/t18?,19?,20?,22-,25?/m0/s1. The third-order valence-corrected chi connectivity index (χ3v) is 7.56. The lowest BCUT2D eigenvalue weighted by atomic mass is 9.52. The second-order valence-corrected chi connectivity index (χ2v) is 9.57. The van der Waals surface area contributed by atoms with E-state index in [0.29, 0.717) is 37.1 Å². The van der Waals surface area contributed by atoms with Crippen LogP contribution in [0.5, 0.6) is 0 Å². The second-order valence-electron chi connectivity index (χ2n) is 9.57. The van der Waals surface area contributed by atoms with Crippen molar-refractivity contribution in [2.24, 2.45) is 17.8 Å². The fourth-order valence-corrected chi connectivity index (χ4v) is 6.72. The van der Waals surface area contributed by atoms with Gasteiger partial charge >= 0.3 is 5.97 Å². The molecule has 0 N–H and O–H groups in total. The van der Waals surface area contributed by atoms with E-state index in [2.05, 4.69) is 6.07 Å². The highest BCUT2D eigenvalue weighted by molar-refractivity contribution is 5.84. The first kappa shape index (κ1) is 20.9. The first-order valence-corrected chi connectivity index (χ1v) is 11.4. The third kappa shape index (κ3) is 4.10. The van der Waals surface area contributed by atoms with Crippen LogP contribution in [0.1, 0.15) is 69.8 Å². The number of hydrogen-bond acceptors (Lipinski definition) is 4. The van der Waals surface area contributed by atoms with Gasteiger partial charge in [0.15, 0.2) is 6.61 Å². The summed E-state index contributed by atoms with van der Waals surface area (Å²) in [5.41, 5.74) is 0.790. The zero-order valence-corrected chi connectivity index (χ0v) is 17.9. The van der Waals surface area contributed by atoms with Gasteiger partial charge in [-0.2, -0.15) is 5.26 Å². The van der Waals surface area contributed by atoms with Gasteiger partial charge in [0.1, 0.15) is 0 Å². The molecule has 0 heterocycles. The molecule has 160 valence electrons. The minimum atomic E-state index is -0.355. The van der Waals surface area contributed by atoms with Gasteiger partial charge in [-0.15, -0.1) is 0 Å². The van der Waals surface area contributed by atoms with E-state index in [4.69, 9.17) is 10.00 Å². The van der Waals surface area contributed by atoms with Gasteiger partial charge in [0.2, 0.25) is 0 Å². The molecule has 4 bridgehead atoms. The number of carbonyl (C=O) groups excluding carboxylic acids is 2. The van der Waals surface area contributed by atoms with Gasteiger partial charge in [-0.05, 0) is 68.3 Å². The molecule has 4 aliphatic rings. The van der Waals surface area contributed by atoms with Crippen molar-refractivity contribution in [2.45, 2.75) is 69.7 Å². The van der Waals surface area contributed by atoms with Crippen molar-refractivity contribution in [1.82, 2.24) is 4.90 Å². The summed E-state index contributed by atoms with van der Waals surface area (Å²) in [5.74, 6) is 1.29. The molecule has 0 aliphatic heterocycles. The molecule has 0 unspecified atom stereocenters. The van der Waals surface area contributed by atoms with Crippen LogP contribution in [0.25, 0.3) is 0 Å². The molecule has 1 aromatic carbocycles. The Hall–Kier alpha value is -2.35. The van der Waals surface area contributed by atoms with Crippen molar-refractivity contribution in [3.63, 3.8) is 0 Å². The molecule has 0 radical (unpaired) electrons. The molecular weight excluding hydrogens is 376 g/mol. The summed E-state index contributed by atoms with van der Waals surface area (Å²) in [6, 6.07) is 11.8. The van der Waals surface area contributed by atoms with Crippen molar-refractivity contribution in [3.05, 3.63) is 35.9 Å². The molecule has 0 spiro atoms. The highest BCUT2D eigenvalue weighted by Gasteiger charge is 2.54. The molecule has 4 saturated carbocycles. The Kier molecular flexibility index (Phi) is 6.13. The Balaban J connectivity index is 1.44. The number of nitrogens with zero attached hydrogens (tertiary/aromatic N) is 2. The maximum Gasteiger partial charge on any atom is 0.313 e. The van der Waals surface area contributed by atoms with Gasteiger partial charge < -0.3 is 9.64 Å². The molecule has 1 aromatic rings. The van der Waals surface area contributed by atoms with Crippen molar-refractivity contribution in [1.29, 1.82) is 5.26 Å². The molecule has 4 fully saturated rings. The minimum Gasteiger partial charge on any atom is -0.455 e. The van der Waals surface area contributed by atoms with Crippen LogP contribution in [-0.4, -0.2) is 35.5 Å². The summed E-state index contributed by atoms with van der Waals surface area (Å²) in [4.78, 5) is 27.9. The van der Waals surface area contributed by atoms with E-state index in [-0.39, 0.29) is 29.9 Å². The summed E-state index contributed by atoms with van der Waals surface area (Å²) in [6.45, 7) is 2.17. The molecule has 30 heavy (non-hydrogen) atoms. The summed E-state index contributed by atoms with van der Waals surface area (Å²) >= 11 is 0. The van der Waals surface area contributed by atoms with Gasteiger partial charge in [0.05, 0.1) is 18.4 Å². The molecule has 0 aromatic heterocycles. The van der Waals surface area contributed by atoms with Crippen LogP contribution in [-0.2, 0) is 14.3 Å². The molecule has 5 rings (SSSR count). The summed E-state index contributed by atoms with van der Waals surface area (Å²) in [6.07, 6.45) is 7.98. The van der Waals surface area contributed by atoms with Crippen molar-refractivity contribution in [3.8, 4) is 6.07 Å². The van der Waals surface area contributed by atoms with Crippen LogP contribution in [0.2, 0.25) is 0 Å². The van der Waals surface area contributed by atoms with Gasteiger partial charge in [-0.3, -0.25) is 9.59 Å². The van der Waals surface area contributed by atoms with E-state index in [0.717, 1.165) is 24.8 Å². The average molecular weight is 409 g/mol. The number of amides is 1. The van der Waals surface area contributed by atoms with E-state index < -0.39 is 0 Å². The molecule has 1 atom stereocenters. The van der Waals surface area contributed by atoms with Crippen LogP contribution in [0, 0.1) is 29.1 Å². The zero-order chi connectivity index (χ0) is 21.1. The Labute approximate surface area is 179 Å². The van der Waals surface area contributed by atoms with Crippen molar-refractivity contribution < 1.29 is 14.3 Å². The lowest BCUT2D eigenvalue weighted by molar-refractivity contribution is -0.163. The summed E-state index contributed by atoms with van der Waals surface area (Å²) < 4.78 is 5.52. The Bertz CT molecular complexity index is 778. The number of rotatable bonds is 8. The lowest BCUT2D eigenvalue weighted by Gasteiger charge is -2.60. The average Bonchev–Trinajstić information content (AvgIpc) is 2.73. The van der Waals surface area contributed by atoms with E-state index in [9.17, 15) is 9.59 Å². The fraction of sp³-hybridized carbons (Fsp3) is 0.640. The van der Waals surface area contributed by atoms with Crippen LogP contribution >= 0.6 is 0 Å². The molecule has 0 saturated heterocycles. The SMILES string of the molecule is CC[C@H](C(=O)OCC(=O)N(CCC#N)C12CC3CC(CC(C3)C1)C2)c1ccccc1. The van der Waals surface area contributed by atoms with E-state index in [1.165, 1.54) is 19.3 Å². The molecule has 5 heteroatoms. The van der Waals surface area contributed by atoms with Crippen LogP contribution < -0.4 is 0 Å². The van der Waals surface area contributed by atoms with E-state index in [1.54, 1.807) is 0 Å². The Morgan fingerprint density at radius 1 is 1.13 bits per heavy atom. The van der Waals surface area contributed by atoms with Crippen LogP contribution in [0.4, 0.5) is 0 Å². The van der Waals surface area contributed by atoms with E-state index >= 15 is 0 Å². The number of hydrogen-bond donors (Lipinski definition) is 0. The number of ether oxygens (including phenoxy) is 1. The van der Waals surface area contributed by atoms with Crippen LogP contribution in [0.15, 0.2) is 30.3 Å². The number of esters is 1. The maximum absolute atomic E-state index is 13.3. The lowest BCUT2D eigenvalue weighted by Crippen LogP contribution is -2.62. The Morgan fingerprint density at radius 2 is 1.73 bits per heavy atom. The van der Waals surface area contributed by atoms with Gasteiger partial charge in [0.25, 0.3) is 5.91 Å². The van der Waals surface area contributed by atoms with Gasteiger partial charge in [-0.25, -0.2) is 0 Å². The largest absolute Gasteiger partial charge is 0.455 e. The van der Waals surface area contributed by atoms with Crippen molar-refractivity contribution in [2.75, 3.05) is 13.2 Å². The zero-order valence-electron chi connectivity index (χ0n) is 17.9. The first-order valence-electron chi connectivity index (χ1n) is 11.4. The highest BCUT2D eigenvalue weighted by atomic mass is 16.5. The predicted octanol–water partition coefficient (Wildman–Crippen LogP) is 4.43. The fourth-order valence-electron chi connectivity index (χ4n) is 6.72. The quantitative estimate of drug-likeness (QED) is 0.597. The van der Waals surface area contributed by atoms with Crippen LogP contribution in [0.3, 0.4) is 0 Å². The third-order valence-electron chi connectivity index (χ3n) is 7.56. The molecular formula is C25H32N2O3. The molecule has 5 nitrogen and oxygen atoms in total. The number of carbonyl (C=O) groups is 2. The smallest absolute Gasteiger partial charge is 0.313 e. The number of benzene rings is 1. The minimum absolute atomic E-state index is 0.126. The van der Waals surface area contributed by atoms with Crippen molar-refractivity contribution >= 4 is 11.9 Å². The van der Waals surface area contributed by atoms with E-state index in [1.807, 2.05) is 42.2 Å². The molecule has 4 aliphatic carbocycles. The number of nitriles is 1. The van der Waals surface area contributed by atoms with Gasteiger partial charge in [0, 0.05) is 12.1 Å². The van der Waals surface area contributed by atoms with Gasteiger partial charge in [-0.1, -0.05) is 37.3 Å². The summed E-state index contributed by atoms with van der Waals surface area (Å²) in [7, 11) is 0. The normalized spacial score (nSPS) is 29.8. The topological polar surface area (TPSA) is 70.4 Å². The predicted molar refractivity (Wildman–Crippen MR) is 113 cm³/mol. The monoisotopic (exact) mass is 408 g/mol. The second kappa shape index (κ2) is 8.79. The maximum atomic E-state index is 13.3.